The van der Waals surface area contributed by atoms with Crippen molar-refractivity contribution in [2.75, 3.05) is 13.2 Å². The zero-order chi connectivity index (χ0) is 20.7. The Kier molecular flexibility index (Phi) is 5.13. The van der Waals surface area contributed by atoms with Gasteiger partial charge in [0.05, 0.1) is 18.3 Å². The molecule has 6 nitrogen and oxygen atoms in total. The minimum absolute atomic E-state index is 0.103. The van der Waals surface area contributed by atoms with Crippen LogP contribution in [0.4, 0.5) is 0 Å². The van der Waals surface area contributed by atoms with Crippen LogP contribution >= 0.6 is 11.6 Å². The second-order valence-corrected chi connectivity index (χ2v) is 8.40. The predicted molar refractivity (Wildman–Crippen MR) is 114 cm³/mol. The topological polar surface area (TPSA) is 69.3 Å². The summed E-state index contributed by atoms with van der Waals surface area (Å²) in [5, 5.41) is 8.51. The number of rotatable bonds is 5. The summed E-state index contributed by atoms with van der Waals surface area (Å²) >= 11 is 6.31. The average Bonchev–Trinajstić information content (AvgIpc) is 3.46. The van der Waals surface area contributed by atoms with Crippen LogP contribution in [0.1, 0.15) is 45.8 Å². The van der Waals surface area contributed by atoms with E-state index in [0.29, 0.717) is 18.8 Å². The summed E-state index contributed by atoms with van der Waals surface area (Å²) in [7, 11) is 0. The molecule has 1 aliphatic carbocycles. The highest BCUT2D eigenvalue weighted by molar-refractivity contribution is 6.31. The van der Waals surface area contributed by atoms with Crippen LogP contribution in [0.2, 0.25) is 5.02 Å². The Morgan fingerprint density at radius 2 is 2.20 bits per heavy atom. The Hall–Kier alpha value is -2.57. The van der Waals surface area contributed by atoms with E-state index in [9.17, 15) is 4.79 Å². The van der Waals surface area contributed by atoms with Crippen LogP contribution < -0.4 is 5.32 Å². The fraction of sp³-hybridized carbons (Fsp3) is 0.391. The van der Waals surface area contributed by atoms with Gasteiger partial charge in [0.2, 0.25) is 0 Å². The van der Waals surface area contributed by atoms with Gasteiger partial charge in [-0.25, -0.2) is 0 Å². The number of aryl methyl sites for hydroxylation is 2. The molecule has 3 heterocycles. The molecule has 2 aromatic heterocycles. The van der Waals surface area contributed by atoms with E-state index >= 15 is 0 Å². The fourth-order valence-corrected chi connectivity index (χ4v) is 4.55. The van der Waals surface area contributed by atoms with Crippen molar-refractivity contribution in [2.24, 2.45) is 0 Å². The molecule has 3 aromatic rings. The predicted octanol–water partition coefficient (Wildman–Crippen LogP) is 4.16. The van der Waals surface area contributed by atoms with Crippen LogP contribution in [0.15, 0.2) is 34.9 Å². The lowest BCUT2D eigenvalue weighted by Gasteiger charge is -2.10. The van der Waals surface area contributed by atoms with Crippen molar-refractivity contribution in [1.82, 2.24) is 15.1 Å². The van der Waals surface area contributed by atoms with Crippen molar-refractivity contribution < 1.29 is 13.9 Å². The Balaban J connectivity index is 1.39. The molecule has 0 unspecified atom stereocenters. The number of aromatic nitrogens is 2. The molecule has 1 N–H and O–H groups in total. The normalized spacial score (nSPS) is 17.6. The maximum absolute atomic E-state index is 12.7. The molecule has 1 aromatic carbocycles. The molecule has 156 valence electrons. The van der Waals surface area contributed by atoms with E-state index in [1.165, 1.54) is 5.56 Å². The highest BCUT2D eigenvalue weighted by atomic mass is 35.5. The van der Waals surface area contributed by atoms with Gasteiger partial charge in [-0.05, 0) is 43.4 Å². The van der Waals surface area contributed by atoms with Gasteiger partial charge < -0.3 is 14.5 Å². The Labute approximate surface area is 180 Å². The first-order valence-corrected chi connectivity index (χ1v) is 10.8. The van der Waals surface area contributed by atoms with Gasteiger partial charge in [-0.3, -0.25) is 9.48 Å². The monoisotopic (exact) mass is 425 g/mol. The number of carbonyl (C=O) groups excluding carboxylic acids is 1. The van der Waals surface area contributed by atoms with Crippen molar-refractivity contribution >= 4 is 17.5 Å². The highest BCUT2D eigenvalue weighted by Gasteiger charge is 2.30. The lowest BCUT2D eigenvalue weighted by molar-refractivity contribution is 0.0833. The quantitative estimate of drug-likeness (QED) is 0.666. The van der Waals surface area contributed by atoms with Crippen molar-refractivity contribution in [2.45, 2.75) is 45.3 Å². The standard InChI is InChI=1S/C23H24ClN3O3/c1-14-20-19(30-22(14)23(28)25-11-17-6-4-10-29-17)9-8-16-13-27(26-21(16)20)12-15-5-2-3-7-18(15)24/h2-3,5,7,13,17H,4,6,8-12H2,1H3,(H,25,28)/t17-/m1/s1. The molecule has 5 rings (SSSR count). The zero-order valence-electron chi connectivity index (χ0n) is 16.9. The Morgan fingerprint density at radius 3 is 3.00 bits per heavy atom. The summed E-state index contributed by atoms with van der Waals surface area (Å²) in [6, 6.07) is 7.80. The summed E-state index contributed by atoms with van der Waals surface area (Å²) in [6.07, 6.45) is 5.82. The number of hydrogen-bond acceptors (Lipinski definition) is 4. The molecule has 1 amide bonds. The summed E-state index contributed by atoms with van der Waals surface area (Å²) in [6.45, 7) is 3.83. The fourth-order valence-electron chi connectivity index (χ4n) is 4.35. The highest BCUT2D eigenvalue weighted by Crippen LogP contribution is 2.38. The number of hydrogen-bond donors (Lipinski definition) is 1. The van der Waals surface area contributed by atoms with Crippen LogP contribution in [0, 0.1) is 6.92 Å². The van der Waals surface area contributed by atoms with E-state index in [1.807, 2.05) is 35.9 Å². The van der Waals surface area contributed by atoms with E-state index in [1.54, 1.807) is 0 Å². The zero-order valence-corrected chi connectivity index (χ0v) is 17.7. The largest absolute Gasteiger partial charge is 0.455 e. The van der Waals surface area contributed by atoms with Crippen LogP contribution in [0.5, 0.6) is 0 Å². The van der Waals surface area contributed by atoms with Crippen molar-refractivity contribution in [3.63, 3.8) is 0 Å². The first-order chi connectivity index (χ1) is 14.6. The Morgan fingerprint density at radius 1 is 1.33 bits per heavy atom. The molecule has 7 heteroatoms. The van der Waals surface area contributed by atoms with Crippen LogP contribution in [0.3, 0.4) is 0 Å². The van der Waals surface area contributed by atoms with Gasteiger partial charge >= 0.3 is 0 Å². The van der Waals surface area contributed by atoms with Crippen LogP contribution in [-0.4, -0.2) is 34.9 Å². The first kappa shape index (κ1) is 19.4. The molecule has 1 aliphatic heterocycles. The van der Waals surface area contributed by atoms with Gasteiger partial charge in [-0.1, -0.05) is 29.8 Å². The number of benzene rings is 1. The van der Waals surface area contributed by atoms with Gasteiger partial charge in [0.15, 0.2) is 5.76 Å². The third-order valence-corrected chi connectivity index (χ3v) is 6.29. The van der Waals surface area contributed by atoms with E-state index in [0.717, 1.165) is 65.5 Å². The lowest BCUT2D eigenvalue weighted by Crippen LogP contribution is -2.31. The van der Waals surface area contributed by atoms with E-state index in [-0.39, 0.29) is 12.0 Å². The summed E-state index contributed by atoms with van der Waals surface area (Å²) < 4.78 is 13.5. The lowest BCUT2D eigenvalue weighted by atomic mass is 9.93. The van der Waals surface area contributed by atoms with Gasteiger partial charge in [0, 0.05) is 41.9 Å². The van der Waals surface area contributed by atoms with E-state index < -0.39 is 0 Å². The van der Waals surface area contributed by atoms with Gasteiger partial charge in [-0.2, -0.15) is 5.10 Å². The molecular weight excluding hydrogens is 402 g/mol. The van der Waals surface area contributed by atoms with Crippen molar-refractivity contribution in [3.05, 3.63) is 63.7 Å². The summed E-state index contributed by atoms with van der Waals surface area (Å²) in [5.41, 5.74) is 4.90. The number of halogens is 1. The number of nitrogens with one attached hydrogen (secondary N) is 1. The van der Waals surface area contributed by atoms with Crippen LogP contribution in [-0.2, 0) is 24.1 Å². The molecule has 0 bridgehead atoms. The minimum atomic E-state index is -0.186. The SMILES string of the molecule is Cc1c(C(=O)NC[C@H]2CCCO2)oc2c1-c1nn(Cc3ccccc3Cl)cc1CC2. The molecule has 1 saturated heterocycles. The van der Waals surface area contributed by atoms with Gasteiger partial charge in [0.25, 0.3) is 5.91 Å². The van der Waals surface area contributed by atoms with Crippen molar-refractivity contribution in [1.29, 1.82) is 0 Å². The molecule has 0 spiro atoms. The molecule has 1 fully saturated rings. The summed E-state index contributed by atoms with van der Waals surface area (Å²) in [4.78, 5) is 12.7. The first-order valence-electron chi connectivity index (χ1n) is 10.4. The number of ether oxygens (including phenoxy) is 1. The smallest absolute Gasteiger partial charge is 0.287 e. The van der Waals surface area contributed by atoms with Crippen LogP contribution in [0.25, 0.3) is 11.3 Å². The molecular formula is C23H24ClN3O3. The van der Waals surface area contributed by atoms with Gasteiger partial charge in [0.1, 0.15) is 5.76 Å². The van der Waals surface area contributed by atoms with E-state index in [2.05, 4.69) is 11.5 Å². The minimum Gasteiger partial charge on any atom is -0.455 e. The van der Waals surface area contributed by atoms with Gasteiger partial charge in [-0.15, -0.1) is 0 Å². The number of nitrogens with zero attached hydrogens (tertiary/aromatic N) is 2. The summed E-state index contributed by atoms with van der Waals surface area (Å²) in [5.74, 6) is 1.03. The number of fused-ring (bicyclic) bond motifs is 3. The number of carbonyl (C=O) groups is 1. The number of amides is 1. The average molecular weight is 426 g/mol. The molecule has 30 heavy (non-hydrogen) atoms. The maximum Gasteiger partial charge on any atom is 0.287 e. The molecule has 2 aliphatic rings. The van der Waals surface area contributed by atoms with Crippen molar-refractivity contribution in [3.8, 4) is 11.3 Å². The maximum atomic E-state index is 12.7. The molecule has 0 saturated carbocycles. The Bertz CT molecular complexity index is 1100. The number of furan rings is 1. The second-order valence-electron chi connectivity index (χ2n) is 7.99. The molecule has 1 atom stereocenters. The third-order valence-electron chi connectivity index (χ3n) is 5.93. The molecule has 0 radical (unpaired) electrons. The third kappa shape index (κ3) is 3.55. The van der Waals surface area contributed by atoms with E-state index in [4.69, 9.17) is 25.9 Å². The second kappa shape index (κ2) is 7.93.